The topological polar surface area (TPSA) is 71.2 Å². The molecule has 0 fully saturated rings. The van der Waals surface area contributed by atoms with Crippen LogP contribution >= 0.6 is 0 Å². The van der Waals surface area contributed by atoms with E-state index < -0.39 is 0 Å². The first-order valence-electron chi connectivity index (χ1n) is 6.15. The third-order valence-corrected chi connectivity index (χ3v) is 3.05. The maximum Gasteiger partial charge on any atom is 0.141 e. The fourth-order valence-electron chi connectivity index (χ4n) is 1.93. The molecule has 3 rings (SSSR count). The third kappa shape index (κ3) is 2.21. The minimum Gasteiger partial charge on any atom is -0.508 e. The Bertz CT molecular complexity index is 748. The van der Waals surface area contributed by atoms with Gasteiger partial charge >= 0.3 is 0 Å². The summed E-state index contributed by atoms with van der Waals surface area (Å²) in [6, 6.07) is 12.2. The Balaban J connectivity index is 2.01. The van der Waals surface area contributed by atoms with Crippen molar-refractivity contribution in [2.45, 2.75) is 6.92 Å². The molecule has 3 aromatic rings. The molecule has 0 aliphatic heterocycles. The molecule has 2 aromatic carbocycles. The molecule has 0 saturated carbocycles. The average Bonchev–Trinajstić information content (AvgIpc) is 2.92. The Morgan fingerprint density at radius 3 is 2.50 bits per heavy atom. The van der Waals surface area contributed by atoms with Crippen molar-refractivity contribution in [2.24, 2.45) is 0 Å². The highest BCUT2D eigenvalue weighted by Gasteiger charge is 2.09. The van der Waals surface area contributed by atoms with Crippen LogP contribution in [0.25, 0.3) is 16.9 Å². The number of rotatable bonds is 2. The highest BCUT2D eigenvalue weighted by atomic mass is 16.3. The summed E-state index contributed by atoms with van der Waals surface area (Å²) in [5.41, 5.74) is 3.21. The molecule has 0 atom stereocenters. The molecular weight excluding hydrogens is 254 g/mol. The Hall–Kier alpha value is -2.82. The van der Waals surface area contributed by atoms with Crippen molar-refractivity contribution in [1.29, 1.82) is 0 Å². The lowest BCUT2D eigenvalue weighted by Gasteiger charge is -2.03. The van der Waals surface area contributed by atoms with E-state index in [0.717, 1.165) is 5.56 Å². The first-order chi connectivity index (χ1) is 9.63. The van der Waals surface area contributed by atoms with Crippen molar-refractivity contribution in [2.75, 3.05) is 0 Å². The molecule has 100 valence electrons. The van der Waals surface area contributed by atoms with Crippen LogP contribution in [-0.2, 0) is 0 Å². The minimum absolute atomic E-state index is 0.0307. The van der Waals surface area contributed by atoms with Gasteiger partial charge in [0.15, 0.2) is 0 Å². The molecule has 2 N–H and O–H groups in total. The fraction of sp³-hybridized carbons (Fsp3) is 0.0667. The van der Waals surface area contributed by atoms with Gasteiger partial charge in [-0.2, -0.15) is 0 Å². The zero-order valence-electron chi connectivity index (χ0n) is 10.9. The first kappa shape index (κ1) is 12.2. The predicted molar refractivity (Wildman–Crippen MR) is 74.9 cm³/mol. The molecule has 1 heterocycles. The number of hydrogen-bond acceptors (Lipinski definition) is 4. The fourth-order valence-corrected chi connectivity index (χ4v) is 1.93. The van der Waals surface area contributed by atoms with Gasteiger partial charge < -0.3 is 10.2 Å². The normalized spacial score (nSPS) is 10.7. The van der Waals surface area contributed by atoms with E-state index in [9.17, 15) is 10.2 Å². The van der Waals surface area contributed by atoms with Crippen LogP contribution in [0.5, 0.6) is 11.5 Å². The molecule has 0 aliphatic rings. The van der Waals surface area contributed by atoms with Gasteiger partial charge in [0.1, 0.15) is 22.9 Å². The molecule has 5 nitrogen and oxygen atoms in total. The van der Waals surface area contributed by atoms with Gasteiger partial charge in [0.2, 0.25) is 0 Å². The number of phenols is 2. The molecular formula is C15H13N3O2. The van der Waals surface area contributed by atoms with Crippen LogP contribution in [0.15, 0.2) is 48.7 Å². The van der Waals surface area contributed by atoms with Crippen LogP contribution in [0, 0.1) is 6.92 Å². The zero-order valence-corrected chi connectivity index (χ0v) is 10.9. The van der Waals surface area contributed by atoms with Crippen molar-refractivity contribution in [3.63, 3.8) is 0 Å². The summed E-state index contributed by atoms with van der Waals surface area (Å²) in [7, 11) is 0. The second-order valence-corrected chi connectivity index (χ2v) is 4.59. The van der Waals surface area contributed by atoms with Crippen LogP contribution in [-0.4, -0.2) is 25.2 Å². The van der Waals surface area contributed by atoms with Crippen molar-refractivity contribution in [3.05, 3.63) is 54.2 Å². The first-order valence-corrected chi connectivity index (χ1v) is 6.15. The van der Waals surface area contributed by atoms with E-state index >= 15 is 0 Å². The molecule has 0 radical (unpaired) electrons. The number of nitrogens with zero attached hydrogens (tertiary/aromatic N) is 3. The number of aryl methyl sites for hydroxylation is 1. The molecule has 0 unspecified atom stereocenters. The standard InChI is InChI=1S/C15H13N3O2/c1-10-2-4-11(5-3-10)13-9-18(17-16-13)14-8-12(19)6-7-15(14)20/h2-9,19-20H,1H3. The van der Waals surface area contributed by atoms with E-state index in [1.807, 2.05) is 31.2 Å². The van der Waals surface area contributed by atoms with Gasteiger partial charge in [-0.15, -0.1) is 5.10 Å². The highest BCUT2D eigenvalue weighted by molar-refractivity contribution is 5.59. The lowest BCUT2D eigenvalue weighted by molar-refractivity contribution is 0.455. The molecule has 5 heteroatoms. The van der Waals surface area contributed by atoms with Gasteiger partial charge in [0.25, 0.3) is 0 Å². The number of benzene rings is 2. The monoisotopic (exact) mass is 267 g/mol. The van der Waals surface area contributed by atoms with Gasteiger partial charge in [0.05, 0.1) is 6.20 Å². The number of aromatic nitrogens is 3. The highest BCUT2D eigenvalue weighted by Crippen LogP contribution is 2.26. The second kappa shape index (κ2) is 4.70. The summed E-state index contributed by atoms with van der Waals surface area (Å²) in [5, 5.41) is 27.4. The summed E-state index contributed by atoms with van der Waals surface area (Å²) >= 11 is 0. The van der Waals surface area contributed by atoms with Crippen molar-refractivity contribution >= 4 is 0 Å². The largest absolute Gasteiger partial charge is 0.508 e. The third-order valence-electron chi connectivity index (χ3n) is 3.05. The van der Waals surface area contributed by atoms with Crippen LogP contribution in [0.1, 0.15) is 5.56 Å². The number of aromatic hydroxyl groups is 2. The van der Waals surface area contributed by atoms with Gasteiger partial charge in [-0.1, -0.05) is 35.0 Å². The van der Waals surface area contributed by atoms with Gasteiger partial charge in [-0.3, -0.25) is 0 Å². The van der Waals surface area contributed by atoms with Gasteiger partial charge in [-0.25, -0.2) is 4.68 Å². The van der Waals surface area contributed by atoms with E-state index in [4.69, 9.17) is 0 Å². The van der Waals surface area contributed by atoms with Crippen molar-refractivity contribution in [3.8, 4) is 28.4 Å². The average molecular weight is 267 g/mol. The summed E-state index contributed by atoms with van der Waals surface area (Å²) in [5.74, 6) is 0.0911. The molecule has 0 bridgehead atoms. The van der Waals surface area contributed by atoms with E-state index in [0.29, 0.717) is 11.4 Å². The Kier molecular flexibility index (Phi) is 2.87. The van der Waals surface area contributed by atoms with Gasteiger partial charge in [0, 0.05) is 11.6 Å². The molecule has 1 aromatic heterocycles. The van der Waals surface area contributed by atoms with Crippen molar-refractivity contribution in [1.82, 2.24) is 15.0 Å². The van der Waals surface area contributed by atoms with Crippen LogP contribution in [0.2, 0.25) is 0 Å². The number of phenolic OH excluding ortho intramolecular Hbond substituents is 2. The second-order valence-electron chi connectivity index (χ2n) is 4.59. The van der Waals surface area contributed by atoms with E-state index in [1.165, 1.54) is 28.4 Å². The quantitative estimate of drug-likeness (QED) is 0.700. The SMILES string of the molecule is Cc1ccc(-c2cn(-c3cc(O)ccc3O)nn2)cc1. The lowest BCUT2D eigenvalue weighted by atomic mass is 10.1. The van der Waals surface area contributed by atoms with E-state index in [1.54, 1.807) is 6.20 Å². The molecule has 0 aliphatic carbocycles. The van der Waals surface area contributed by atoms with Gasteiger partial charge in [-0.05, 0) is 19.1 Å². The lowest BCUT2D eigenvalue weighted by Crippen LogP contribution is -1.95. The smallest absolute Gasteiger partial charge is 0.141 e. The van der Waals surface area contributed by atoms with E-state index in [2.05, 4.69) is 10.3 Å². The maximum absolute atomic E-state index is 9.80. The molecule has 0 saturated heterocycles. The minimum atomic E-state index is 0.0307. The Labute approximate surface area is 115 Å². The van der Waals surface area contributed by atoms with Crippen LogP contribution in [0.3, 0.4) is 0 Å². The van der Waals surface area contributed by atoms with Crippen molar-refractivity contribution < 1.29 is 10.2 Å². The summed E-state index contributed by atoms with van der Waals surface area (Å²) in [4.78, 5) is 0. The van der Waals surface area contributed by atoms with Crippen LogP contribution < -0.4 is 0 Å². The Morgan fingerprint density at radius 1 is 1.00 bits per heavy atom. The summed E-state index contributed by atoms with van der Waals surface area (Å²) in [6.45, 7) is 2.02. The maximum atomic E-state index is 9.80. The molecule has 20 heavy (non-hydrogen) atoms. The Morgan fingerprint density at radius 2 is 1.75 bits per heavy atom. The molecule has 0 spiro atoms. The summed E-state index contributed by atoms with van der Waals surface area (Å²) < 4.78 is 1.43. The van der Waals surface area contributed by atoms with E-state index in [-0.39, 0.29) is 11.5 Å². The van der Waals surface area contributed by atoms with Crippen LogP contribution in [0.4, 0.5) is 0 Å². The number of hydrogen-bond donors (Lipinski definition) is 2. The zero-order chi connectivity index (χ0) is 14.1. The molecule has 0 amide bonds. The summed E-state index contributed by atoms with van der Waals surface area (Å²) in [6.07, 6.45) is 1.71. The predicted octanol–water partition coefficient (Wildman–Crippen LogP) is 2.65.